The van der Waals surface area contributed by atoms with E-state index in [9.17, 15) is 9.18 Å². The van der Waals surface area contributed by atoms with Crippen molar-refractivity contribution in [1.29, 1.82) is 0 Å². The fourth-order valence-electron chi connectivity index (χ4n) is 1.25. The Balaban J connectivity index is 1.93. The molecule has 18 heavy (non-hydrogen) atoms. The van der Waals surface area contributed by atoms with E-state index in [-0.39, 0.29) is 17.7 Å². The Morgan fingerprint density at radius 1 is 1.44 bits per heavy atom. The quantitative estimate of drug-likeness (QED) is 0.858. The molecule has 0 saturated carbocycles. The van der Waals surface area contributed by atoms with Gasteiger partial charge in [-0.15, -0.1) is 0 Å². The van der Waals surface area contributed by atoms with Gasteiger partial charge in [0.25, 0.3) is 5.91 Å². The minimum atomic E-state index is -0.736. The van der Waals surface area contributed by atoms with Gasteiger partial charge < -0.3 is 4.74 Å². The number of aromatic nitrogens is 3. The standard InChI is InChI=1S/C11H11FN4O2/c1-7(10(17)15-11-13-6-14-16-11)18-9-4-2-8(12)3-5-9/h2-7H,1H3,(H2,13,14,15,16,17). The molecule has 0 fully saturated rings. The van der Waals surface area contributed by atoms with E-state index in [2.05, 4.69) is 20.5 Å². The molecule has 1 aromatic heterocycles. The number of benzene rings is 1. The van der Waals surface area contributed by atoms with E-state index in [1.807, 2.05) is 0 Å². The zero-order valence-corrected chi connectivity index (χ0v) is 9.55. The lowest BCUT2D eigenvalue weighted by molar-refractivity contribution is -0.122. The lowest BCUT2D eigenvalue weighted by Gasteiger charge is -2.13. The molecular weight excluding hydrogens is 239 g/mol. The van der Waals surface area contributed by atoms with Crippen molar-refractivity contribution in [1.82, 2.24) is 15.2 Å². The molecule has 1 aromatic carbocycles. The molecule has 1 atom stereocenters. The van der Waals surface area contributed by atoms with Crippen molar-refractivity contribution in [3.8, 4) is 5.75 Å². The predicted molar refractivity (Wildman–Crippen MR) is 61.5 cm³/mol. The molecule has 0 spiro atoms. The summed E-state index contributed by atoms with van der Waals surface area (Å²) in [5.74, 6) is -0.0802. The number of hydrogen-bond acceptors (Lipinski definition) is 4. The minimum absolute atomic E-state index is 0.245. The molecule has 2 aromatic rings. The third kappa shape index (κ3) is 3.03. The predicted octanol–water partition coefficient (Wildman–Crippen LogP) is 1.35. The average Bonchev–Trinajstić information content (AvgIpc) is 2.85. The van der Waals surface area contributed by atoms with Crippen LogP contribution in [0.3, 0.4) is 0 Å². The van der Waals surface area contributed by atoms with Crippen molar-refractivity contribution < 1.29 is 13.9 Å². The number of nitrogens with one attached hydrogen (secondary N) is 2. The van der Waals surface area contributed by atoms with Crippen molar-refractivity contribution >= 4 is 11.9 Å². The second-order valence-corrected chi connectivity index (χ2v) is 3.54. The van der Waals surface area contributed by atoms with Gasteiger partial charge >= 0.3 is 0 Å². The van der Waals surface area contributed by atoms with Crippen molar-refractivity contribution in [2.45, 2.75) is 13.0 Å². The highest BCUT2D eigenvalue weighted by molar-refractivity contribution is 5.92. The Morgan fingerprint density at radius 3 is 2.78 bits per heavy atom. The number of halogens is 1. The Bertz CT molecular complexity index is 512. The van der Waals surface area contributed by atoms with E-state index in [0.717, 1.165) is 0 Å². The van der Waals surface area contributed by atoms with Crippen LogP contribution in [-0.4, -0.2) is 27.2 Å². The highest BCUT2D eigenvalue weighted by Gasteiger charge is 2.15. The van der Waals surface area contributed by atoms with Crippen molar-refractivity contribution in [3.63, 3.8) is 0 Å². The number of hydrogen-bond donors (Lipinski definition) is 2. The number of aromatic amines is 1. The van der Waals surface area contributed by atoms with E-state index >= 15 is 0 Å². The van der Waals surface area contributed by atoms with Crippen LogP contribution in [0.5, 0.6) is 5.75 Å². The molecule has 1 unspecified atom stereocenters. The lowest BCUT2D eigenvalue weighted by atomic mass is 10.3. The first-order valence-electron chi connectivity index (χ1n) is 5.23. The normalized spacial score (nSPS) is 11.9. The first-order valence-corrected chi connectivity index (χ1v) is 5.23. The number of nitrogens with zero attached hydrogens (tertiary/aromatic N) is 2. The summed E-state index contributed by atoms with van der Waals surface area (Å²) in [6.07, 6.45) is 0.543. The second kappa shape index (κ2) is 5.26. The van der Waals surface area contributed by atoms with E-state index in [0.29, 0.717) is 5.75 Å². The highest BCUT2D eigenvalue weighted by atomic mass is 19.1. The van der Waals surface area contributed by atoms with Crippen molar-refractivity contribution in [3.05, 3.63) is 36.4 Å². The van der Waals surface area contributed by atoms with Crippen molar-refractivity contribution in [2.75, 3.05) is 5.32 Å². The van der Waals surface area contributed by atoms with Crippen LogP contribution in [-0.2, 0) is 4.79 Å². The first kappa shape index (κ1) is 12.0. The molecule has 0 radical (unpaired) electrons. The Labute approximate surface area is 102 Å². The lowest BCUT2D eigenvalue weighted by Crippen LogP contribution is -2.30. The van der Waals surface area contributed by atoms with Crippen LogP contribution in [0.2, 0.25) is 0 Å². The van der Waals surface area contributed by atoms with Crippen molar-refractivity contribution in [2.24, 2.45) is 0 Å². The molecule has 0 aliphatic rings. The zero-order chi connectivity index (χ0) is 13.0. The van der Waals surface area contributed by atoms with E-state index in [1.54, 1.807) is 6.92 Å². The third-order valence-corrected chi connectivity index (χ3v) is 2.15. The number of H-pyrrole nitrogens is 1. The number of amides is 1. The summed E-state index contributed by atoms with van der Waals surface area (Å²) in [4.78, 5) is 15.4. The van der Waals surface area contributed by atoms with Crippen LogP contribution < -0.4 is 10.1 Å². The summed E-state index contributed by atoms with van der Waals surface area (Å²) < 4.78 is 18.0. The first-order chi connectivity index (χ1) is 8.65. The second-order valence-electron chi connectivity index (χ2n) is 3.54. The molecule has 0 aliphatic carbocycles. The fourth-order valence-corrected chi connectivity index (χ4v) is 1.25. The van der Waals surface area contributed by atoms with Crippen LogP contribution in [0.25, 0.3) is 0 Å². The summed E-state index contributed by atoms with van der Waals surface area (Å²) in [7, 11) is 0. The summed E-state index contributed by atoms with van der Waals surface area (Å²) >= 11 is 0. The monoisotopic (exact) mass is 250 g/mol. The number of carbonyl (C=O) groups is 1. The largest absolute Gasteiger partial charge is 0.481 e. The molecule has 1 amide bonds. The van der Waals surface area contributed by atoms with Gasteiger partial charge in [0.15, 0.2) is 6.10 Å². The van der Waals surface area contributed by atoms with Gasteiger partial charge in [-0.2, -0.15) is 10.1 Å². The number of anilines is 1. The summed E-state index contributed by atoms with van der Waals surface area (Å²) in [6, 6.07) is 5.42. The van der Waals surface area contributed by atoms with E-state index in [1.165, 1.54) is 30.6 Å². The van der Waals surface area contributed by atoms with Gasteiger partial charge in [0, 0.05) is 0 Å². The van der Waals surface area contributed by atoms with Crippen LogP contribution >= 0.6 is 0 Å². The molecule has 6 nitrogen and oxygen atoms in total. The molecule has 0 aliphatic heterocycles. The number of carbonyl (C=O) groups excluding carboxylic acids is 1. The zero-order valence-electron chi connectivity index (χ0n) is 9.55. The van der Waals surface area contributed by atoms with E-state index in [4.69, 9.17) is 4.74 Å². The third-order valence-electron chi connectivity index (χ3n) is 2.15. The molecule has 0 bridgehead atoms. The van der Waals surface area contributed by atoms with Gasteiger partial charge in [0.05, 0.1) is 0 Å². The fraction of sp³-hybridized carbons (Fsp3) is 0.182. The van der Waals surface area contributed by atoms with Gasteiger partial charge in [-0.1, -0.05) is 0 Å². The van der Waals surface area contributed by atoms with Gasteiger partial charge in [-0.05, 0) is 31.2 Å². The highest BCUT2D eigenvalue weighted by Crippen LogP contribution is 2.13. The maximum absolute atomic E-state index is 12.7. The maximum Gasteiger partial charge on any atom is 0.267 e. The molecule has 0 saturated heterocycles. The number of ether oxygens (including phenoxy) is 1. The smallest absolute Gasteiger partial charge is 0.267 e. The summed E-state index contributed by atoms with van der Waals surface area (Å²) in [5, 5.41) is 8.58. The topological polar surface area (TPSA) is 79.9 Å². The molecule has 94 valence electrons. The molecule has 2 N–H and O–H groups in total. The van der Waals surface area contributed by atoms with Crippen LogP contribution in [0, 0.1) is 5.82 Å². The van der Waals surface area contributed by atoms with Crippen LogP contribution in [0.4, 0.5) is 10.3 Å². The maximum atomic E-state index is 12.7. The molecular formula is C11H11FN4O2. The molecule has 2 rings (SSSR count). The summed E-state index contributed by atoms with van der Waals surface area (Å²) in [6.45, 7) is 1.58. The molecule has 7 heteroatoms. The SMILES string of the molecule is CC(Oc1ccc(F)cc1)C(=O)Nc1ncn[nH]1. The van der Waals surface area contributed by atoms with E-state index < -0.39 is 6.10 Å². The van der Waals surface area contributed by atoms with Crippen LogP contribution in [0.15, 0.2) is 30.6 Å². The number of rotatable bonds is 4. The van der Waals surface area contributed by atoms with Crippen LogP contribution in [0.1, 0.15) is 6.92 Å². The van der Waals surface area contributed by atoms with Gasteiger partial charge in [-0.25, -0.2) is 9.49 Å². The van der Waals surface area contributed by atoms with Gasteiger partial charge in [0.2, 0.25) is 5.95 Å². The average molecular weight is 250 g/mol. The van der Waals surface area contributed by atoms with Gasteiger partial charge in [0.1, 0.15) is 17.9 Å². The Kier molecular flexibility index (Phi) is 3.52. The summed E-state index contributed by atoms with van der Waals surface area (Å²) in [5.41, 5.74) is 0. The Hall–Kier alpha value is -2.44. The molecule has 1 heterocycles. The Morgan fingerprint density at radius 2 is 2.17 bits per heavy atom. The minimum Gasteiger partial charge on any atom is -0.481 e. The van der Waals surface area contributed by atoms with Gasteiger partial charge in [-0.3, -0.25) is 10.1 Å².